The molecule has 0 aromatic heterocycles. The lowest BCUT2D eigenvalue weighted by atomic mass is 10.1. The molecule has 0 spiro atoms. The Morgan fingerprint density at radius 2 is 2.31 bits per heavy atom. The lowest BCUT2D eigenvalue weighted by Gasteiger charge is -2.05. The molecule has 1 rings (SSSR count). The van der Waals surface area contributed by atoms with Gasteiger partial charge in [0.2, 0.25) is 0 Å². The van der Waals surface area contributed by atoms with E-state index in [9.17, 15) is 4.79 Å². The first-order valence-electron chi connectivity index (χ1n) is 5.08. The first-order chi connectivity index (χ1) is 7.76. The van der Waals surface area contributed by atoms with Crippen LogP contribution in [0.5, 0.6) is 0 Å². The predicted molar refractivity (Wildman–Crippen MR) is 63.9 cm³/mol. The number of urea groups is 1. The van der Waals surface area contributed by atoms with Gasteiger partial charge in [0.05, 0.1) is 6.61 Å². The van der Waals surface area contributed by atoms with Gasteiger partial charge >= 0.3 is 6.03 Å². The molecule has 0 aliphatic carbocycles. The molecule has 3 N–H and O–H groups in total. The van der Waals surface area contributed by atoms with Gasteiger partial charge in [0, 0.05) is 13.6 Å². The summed E-state index contributed by atoms with van der Waals surface area (Å²) in [7, 11) is 1.58. The lowest BCUT2D eigenvalue weighted by Crippen LogP contribution is -2.32. The molecule has 1 aromatic carbocycles. The van der Waals surface area contributed by atoms with Gasteiger partial charge in [0.25, 0.3) is 0 Å². The number of nitrogens with one attached hydrogen (secondary N) is 2. The van der Waals surface area contributed by atoms with Gasteiger partial charge in [0.15, 0.2) is 0 Å². The molecule has 86 valence electrons. The van der Waals surface area contributed by atoms with E-state index in [1.54, 1.807) is 13.1 Å². The molecular weight excluding hydrogens is 204 g/mol. The number of carbonyl (C=O) groups excluding carboxylic acids is 1. The van der Waals surface area contributed by atoms with Crippen molar-refractivity contribution in [3.05, 3.63) is 41.5 Å². The third kappa shape index (κ3) is 4.14. The Labute approximate surface area is 95.0 Å². The van der Waals surface area contributed by atoms with Crippen LogP contribution >= 0.6 is 0 Å². The minimum Gasteiger partial charge on any atom is -0.392 e. The quantitative estimate of drug-likeness (QED) is 0.712. The molecule has 0 aliphatic rings. The summed E-state index contributed by atoms with van der Waals surface area (Å²) < 4.78 is 0. The van der Waals surface area contributed by atoms with E-state index in [1.807, 2.05) is 30.3 Å². The zero-order valence-electron chi connectivity index (χ0n) is 9.23. The van der Waals surface area contributed by atoms with Crippen LogP contribution in [0.4, 0.5) is 4.79 Å². The molecule has 0 fully saturated rings. The van der Waals surface area contributed by atoms with Crippen LogP contribution in [0.15, 0.2) is 30.3 Å². The number of benzene rings is 1. The van der Waals surface area contributed by atoms with E-state index in [4.69, 9.17) is 5.11 Å². The highest BCUT2D eigenvalue weighted by atomic mass is 16.2. The maximum atomic E-state index is 11.0. The van der Waals surface area contributed by atoms with E-state index in [1.165, 1.54) is 0 Å². The Hall–Kier alpha value is -1.81. The largest absolute Gasteiger partial charge is 0.392 e. The minimum absolute atomic E-state index is 0.0285. The molecule has 2 amide bonds. The molecule has 0 aliphatic heterocycles. The number of aliphatic hydroxyl groups is 1. The summed E-state index contributed by atoms with van der Waals surface area (Å²) in [6, 6.07) is 7.55. The fourth-order valence-electron chi connectivity index (χ4n) is 1.27. The second-order valence-corrected chi connectivity index (χ2v) is 3.26. The second-order valence-electron chi connectivity index (χ2n) is 3.26. The maximum absolute atomic E-state index is 11.0. The van der Waals surface area contributed by atoms with E-state index in [0.29, 0.717) is 6.54 Å². The summed E-state index contributed by atoms with van der Waals surface area (Å²) >= 11 is 0. The number of hydrogen-bond donors (Lipinski definition) is 3. The van der Waals surface area contributed by atoms with E-state index in [-0.39, 0.29) is 12.6 Å². The van der Waals surface area contributed by atoms with Gasteiger partial charge in [-0.3, -0.25) is 0 Å². The summed E-state index contributed by atoms with van der Waals surface area (Å²) in [6.07, 6.45) is 3.51. The molecule has 4 heteroatoms. The highest BCUT2D eigenvalue weighted by molar-refractivity contribution is 5.73. The first-order valence-corrected chi connectivity index (χ1v) is 5.08. The van der Waals surface area contributed by atoms with Crippen molar-refractivity contribution in [3.8, 4) is 0 Å². The Bertz CT molecular complexity index is 375. The average molecular weight is 220 g/mol. The van der Waals surface area contributed by atoms with Crippen molar-refractivity contribution in [2.45, 2.75) is 6.54 Å². The van der Waals surface area contributed by atoms with Crippen molar-refractivity contribution in [2.75, 3.05) is 13.7 Å². The highest BCUT2D eigenvalue weighted by Crippen LogP contribution is 2.06. The minimum atomic E-state index is -0.198. The number of rotatable bonds is 4. The van der Waals surface area contributed by atoms with Gasteiger partial charge in [-0.15, -0.1) is 0 Å². The van der Waals surface area contributed by atoms with Crippen LogP contribution in [-0.4, -0.2) is 24.8 Å². The Morgan fingerprint density at radius 3 is 3.00 bits per heavy atom. The van der Waals surface area contributed by atoms with Gasteiger partial charge < -0.3 is 15.7 Å². The average Bonchev–Trinajstić information content (AvgIpc) is 2.34. The van der Waals surface area contributed by atoms with Crippen LogP contribution in [0.25, 0.3) is 6.08 Å². The van der Waals surface area contributed by atoms with Crippen molar-refractivity contribution in [3.63, 3.8) is 0 Å². The number of aliphatic hydroxyl groups excluding tert-OH is 1. The fraction of sp³-hybridized carbons (Fsp3) is 0.250. The zero-order chi connectivity index (χ0) is 11.8. The Balaban J connectivity index is 2.60. The predicted octanol–water partition coefficient (Wildman–Crippen LogP) is 1.12. The molecule has 0 heterocycles. The van der Waals surface area contributed by atoms with Gasteiger partial charge in [-0.25, -0.2) is 4.79 Å². The van der Waals surface area contributed by atoms with Crippen molar-refractivity contribution in [1.29, 1.82) is 0 Å². The molecule has 16 heavy (non-hydrogen) atoms. The van der Waals surface area contributed by atoms with Gasteiger partial charge in [-0.2, -0.15) is 0 Å². The van der Waals surface area contributed by atoms with E-state index < -0.39 is 0 Å². The van der Waals surface area contributed by atoms with E-state index in [2.05, 4.69) is 10.6 Å². The van der Waals surface area contributed by atoms with Crippen molar-refractivity contribution in [2.24, 2.45) is 0 Å². The summed E-state index contributed by atoms with van der Waals surface area (Å²) in [6.45, 7) is 0.515. The molecule has 1 aromatic rings. The number of carbonyl (C=O) groups is 1. The molecule has 0 radical (unpaired) electrons. The molecule has 0 unspecified atom stereocenters. The highest BCUT2D eigenvalue weighted by Gasteiger charge is 1.97. The fourth-order valence-corrected chi connectivity index (χ4v) is 1.27. The van der Waals surface area contributed by atoms with Crippen molar-refractivity contribution >= 4 is 12.1 Å². The third-order valence-corrected chi connectivity index (χ3v) is 2.05. The third-order valence-electron chi connectivity index (χ3n) is 2.05. The monoisotopic (exact) mass is 220 g/mol. The molecule has 0 saturated heterocycles. The Morgan fingerprint density at radius 1 is 1.50 bits per heavy atom. The van der Waals surface area contributed by atoms with Crippen LogP contribution < -0.4 is 10.6 Å². The van der Waals surface area contributed by atoms with Gasteiger partial charge in [-0.1, -0.05) is 30.4 Å². The number of amides is 2. The van der Waals surface area contributed by atoms with E-state index in [0.717, 1.165) is 11.1 Å². The van der Waals surface area contributed by atoms with Gasteiger partial charge in [0.1, 0.15) is 0 Å². The standard InChI is InChI=1S/C12H16N2O2/c1-13-12(16)14-9-11-5-2-4-10(8-11)6-3-7-15/h2-6,8,15H,7,9H2,1H3,(H2,13,14,16)/b6-3+. The molecule has 0 atom stereocenters. The first kappa shape index (κ1) is 12.3. The van der Waals surface area contributed by atoms with E-state index >= 15 is 0 Å². The topological polar surface area (TPSA) is 61.4 Å². The second kappa shape index (κ2) is 6.63. The number of hydrogen-bond acceptors (Lipinski definition) is 2. The maximum Gasteiger partial charge on any atom is 0.314 e. The smallest absolute Gasteiger partial charge is 0.314 e. The zero-order valence-corrected chi connectivity index (χ0v) is 9.23. The summed E-state index contributed by atoms with van der Waals surface area (Å²) in [5.41, 5.74) is 2.02. The van der Waals surface area contributed by atoms with Crippen LogP contribution in [0.1, 0.15) is 11.1 Å². The van der Waals surface area contributed by atoms with Crippen molar-refractivity contribution in [1.82, 2.24) is 10.6 Å². The molecule has 0 bridgehead atoms. The van der Waals surface area contributed by atoms with Crippen molar-refractivity contribution < 1.29 is 9.90 Å². The van der Waals surface area contributed by atoms with Crippen LogP contribution in [0.3, 0.4) is 0 Å². The molecular formula is C12H16N2O2. The van der Waals surface area contributed by atoms with Crippen LogP contribution in [0, 0.1) is 0 Å². The van der Waals surface area contributed by atoms with Gasteiger partial charge in [-0.05, 0) is 17.2 Å². The lowest BCUT2D eigenvalue weighted by molar-refractivity contribution is 0.242. The molecule has 0 saturated carbocycles. The normalized spacial score (nSPS) is 10.4. The molecule has 4 nitrogen and oxygen atoms in total. The van der Waals surface area contributed by atoms with Crippen LogP contribution in [0.2, 0.25) is 0 Å². The summed E-state index contributed by atoms with van der Waals surface area (Å²) in [5.74, 6) is 0. The summed E-state index contributed by atoms with van der Waals surface area (Å²) in [4.78, 5) is 11.0. The SMILES string of the molecule is CNC(=O)NCc1cccc(/C=C/CO)c1. The Kier molecular flexibility index (Phi) is 5.08. The summed E-state index contributed by atoms with van der Waals surface area (Å²) in [5, 5.41) is 13.8. The van der Waals surface area contributed by atoms with Crippen LogP contribution in [-0.2, 0) is 6.54 Å².